The molecule has 0 aliphatic carbocycles. The molecule has 30 heavy (non-hydrogen) atoms. The van der Waals surface area contributed by atoms with Crippen molar-refractivity contribution in [1.82, 2.24) is 4.98 Å². The van der Waals surface area contributed by atoms with Gasteiger partial charge in [0, 0.05) is 33.1 Å². The molecule has 3 aromatic carbocycles. The molecular formula is C27H25BrN2. The summed E-state index contributed by atoms with van der Waals surface area (Å²) in [7, 11) is 0. The molecule has 1 aliphatic heterocycles. The average molecular weight is 457 g/mol. The molecule has 1 aliphatic rings. The lowest BCUT2D eigenvalue weighted by Crippen LogP contribution is -2.41. The zero-order valence-corrected chi connectivity index (χ0v) is 19.2. The number of hydrogen-bond acceptors (Lipinski definition) is 2. The first kappa shape index (κ1) is 19.3. The summed E-state index contributed by atoms with van der Waals surface area (Å²) in [6.45, 7) is 6.80. The molecule has 0 atom stereocenters. The van der Waals surface area contributed by atoms with Crippen LogP contribution in [0, 0.1) is 0 Å². The van der Waals surface area contributed by atoms with Gasteiger partial charge in [0.25, 0.3) is 0 Å². The van der Waals surface area contributed by atoms with Crippen molar-refractivity contribution in [2.75, 3.05) is 4.90 Å². The van der Waals surface area contributed by atoms with Crippen molar-refractivity contribution in [3.05, 3.63) is 99.5 Å². The number of pyridine rings is 1. The summed E-state index contributed by atoms with van der Waals surface area (Å²) in [5, 5.41) is 1.26. The van der Waals surface area contributed by atoms with E-state index in [4.69, 9.17) is 4.98 Å². The summed E-state index contributed by atoms with van der Waals surface area (Å²) in [4.78, 5) is 7.63. The van der Waals surface area contributed by atoms with Gasteiger partial charge in [-0.05, 0) is 68.1 Å². The monoisotopic (exact) mass is 456 g/mol. The van der Waals surface area contributed by atoms with E-state index in [1.54, 1.807) is 0 Å². The van der Waals surface area contributed by atoms with Crippen LogP contribution < -0.4 is 4.90 Å². The van der Waals surface area contributed by atoms with Gasteiger partial charge in [-0.25, -0.2) is 4.98 Å². The van der Waals surface area contributed by atoms with Crippen molar-refractivity contribution < 1.29 is 0 Å². The molecular weight excluding hydrogens is 432 g/mol. The predicted molar refractivity (Wildman–Crippen MR) is 130 cm³/mol. The highest BCUT2D eigenvalue weighted by Gasteiger charge is 2.33. The molecule has 3 heteroatoms. The molecule has 0 N–H and O–H groups in total. The minimum Gasteiger partial charge on any atom is -0.321 e. The van der Waals surface area contributed by atoms with E-state index < -0.39 is 0 Å². The van der Waals surface area contributed by atoms with Crippen molar-refractivity contribution >= 4 is 38.3 Å². The van der Waals surface area contributed by atoms with Crippen molar-refractivity contribution in [2.45, 2.75) is 39.2 Å². The summed E-state index contributed by atoms with van der Waals surface area (Å²) < 4.78 is 1.11. The molecule has 4 aromatic rings. The fraction of sp³-hybridized carbons (Fsp3) is 0.222. The third kappa shape index (κ3) is 3.31. The van der Waals surface area contributed by atoms with E-state index in [0.717, 1.165) is 28.6 Å². The van der Waals surface area contributed by atoms with Gasteiger partial charge in [-0.3, -0.25) is 0 Å². The first-order valence-corrected chi connectivity index (χ1v) is 11.2. The van der Waals surface area contributed by atoms with Gasteiger partial charge in [0.2, 0.25) is 0 Å². The standard InChI is InChI=1S/C27H25BrN2/c1-27(2,3)30-25-11-7-4-8-19(25)17-23-22(16-18-12-14-20(28)15-13-18)21-9-5-6-10-24(21)29-26(23)30/h4-15H,16-17H2,1-3H3. The topological polar surface area (TPSA) is 16.1 Å². The Labute approximate surface area is 186 Å². The van der Waals surface area contributed by atoms with Gasteiger partial charge in [0.05, 0.1) is 5.52 Å². The van der Waals surface area contributed by atoms with Crippen LogP contribution in [0.2, 0.25) is 0 Å². The summed E-state index contributed by atoms with van der Waals surface area (Å²) in [5.41, 5.74) is 7.70. The normalized spacial score (nSPS) is 13.3. The Morgan fingerprint density at radius 2 is 1.60 bits per heavy atom. The van der Waals surface area contributed by atoms with E-state index in [2.05, 4.69) is 114 Å². The average Bonchev–Trinajstić information content (AvgIpc) is 2.72. The second-order valence-corrected chi connectivity index (χ2v) is 9.94. The number of halogens is 1. The van der Waals surface area contributed by atoms with E-state index in [-0.39, 0.29) is 5.54 Å². The number of para-hydroxylation sites is 2. The van der Waals surface area contributed by atoms with Crippen molar-refractivity contribution in [3.63, 3.8) is 0 Å². The largest absolute Gasteiger partial charge is 0.321 e. The molecule has 0 saturated heterocycles. The molecule has 0 spiro atoms. The third-order valence-electron chi connectivity index (χ3n) is 5.87. The Morgan fingerprint density at radius 3 is 2.37 bits per heavy atom. The van der Waals surface area contributed by atoms with Crippen LogP contribution in [0.1, 0.15) is 43.0 Å². The molecule has 0 radical (unpaired) electrons. The highest BCUT2D eigenvalue weighted by atomic mass is 79.9. The molecule has 5 rings (SSSR count). The van der Waals surface area contributed by atoms with Crippen LogP contribution in [0.3, 0.4) is 0 Å². The third-order valence-corrected chi connectivity index (χ3v) is 6.39. The Bertz CT molecular complexity index is 1240. The van der Waals surface area contributed by atoms with Crippen molar-refractivity contribution in [3.8, 4) is 0 Å². The van der Waals surface area contributed by atoms with Crippen LogP contribution in [-0.4, -0.2) is 10.5 Å². The van der Waals surface area contributed by atoms with E-state index in [0.29, 0.717) is 0 Å². The molecule has 150 valence electrons. The Balaban J connectivity index is 1.78. The molecule has 2 heterocycles. The Kier molecular flexibility index (Phi) is 4.67. The summed E-state index contributed by atoms with van der Waals surface area (Å²) in [5.74, 6) is 1.10. The van der Waals surface area contributed by atoms with Gasteiger partial charge in [-0.15, -0.1) is 0 Å². The van der Waals surface area contributed by atoms with E-state index in [9.17, 15) is 0 Å². The minimum atomic E-state index is -0.0738. The molecule has 1 aromatic heterocycles. The number of nitrogens with zero attached hydrogens (tertiary/aromatic N) is 2. The zero-order chi connectivity index (χ0) is 20.9. The second-order valence-electron chi connectivity index (χ2n) is 9.02. The van der Waals surface area contributed by atoms with Crippen LogP contribution in [0.15, 0.2) is 77.3 Å². The lowest BCUT2D eigenvalue weighted by atomic mass is 9.87. The second kappa shape index (κ2) is 7.24. The number of rotatable bonds is 2. The Hall–Kier alpha value is -2.65. The van der Waals surface area contributed by atoms with Gasteiger partial charge >= 0.3 is 0 Å². The lowest BCUT2D eigenvalue weighted by Gasteiger charge is -2.42. The fourth-order valence-corrected chi connectivity index (χ4v) is 4.81. The number of fused-ring (bicyclic) bond motifs is 3. The minimum absolute atomic E-state index is 0.0738. The number of hydrogen-bond donors (Lipinski definition) is 0. The molecule has 0 saturated carbocycles. The maximum Gasteiger partial charge on any atom is 0.138 e. The Morgan fingerprint density at radius 1 is 0.900 bits per heavy atom. The smallest absolute Gasteiger partial charge is 0.138 e. The van der Waals surface area contributed by atoms with E-state index in [1.165, 1.54) is 33.3 Å². The molecule has 0 fully saturated rings. The van der Waals surface area contributed by atoms with Gasteiger partial charge in [-0.1, -0.05) is 64.5 Å². The number of benzene rings is 3. The van der Waals surface area contributed by atoms with Crippen LogP contribution >= 0.6 is 15.9 Å². The van der Waals surface area contributed by atoms with Gasteiger partial charge in [-0.2, -0.15) is 0 Å². The number of anilines is 2. The van der Waals surface area contributed by atoms with Crippen LogP contribution in [-0.2, 0) is 12.8 Å². The zero-order valence-electron chi connectivity index (χ0n) is 17.6. The van der Waals surface area contributed by atoms with Crippen LogP contribution in [0.5, 0.6) is 0 Å². The van der Waals surface area contributed by atoms with Crippen LogP contribution in [0.25, 0.3) is 10.9 Å². The fourth-order valence-electron chi connectivity index (χ4n) is 4.55. The highest BCUT2D eigenvalue weighted by molar-refractivity contribution is 9.10. The van der Waals surface area contributed by atoms with E-state index in [1.807, 2.05) is 0 Å². The molecule has 0 bridgehead atoms. The maximum atomic E-state index is 5.20. The molecule has 0 unspecified atom stereocenters. The van der Waals surface area contributed by atoms with Gasteiger partial charge < -0.3 is 4.90 Å². The molecule has 2 nitrogen and oxygen atoms in total. The first-order chi connectivity index (χ1) is 14.4. The summed E-state index contributed by atoms with van der Waals surface area (Å²) in [6, 6.07) is 26.0. The highest BCUT2D eigenvalue weighted by Crippen LogP contribution is 2.45. The SMILES string of the molecule is CC(C)(C)N1c2ccccc2Cc2c1nc1ccccc1c2Cc1ccc(Br)cc1. The van der Waals surface area contributed by atoms with Crippen molar-refractivity contribution in [1.29, 1.82) is 0 Å². The first-order valence-electron chi connectivity index (χ1n) is 10.4. The van der Waals surface area contributed by atoms with Gasteiger partial charge in [0.15, 0.2) is 0 Å². The molecule has 0 amide bonds. The van der Waals surface area contributed by atoms with Gasteiger partial charge in [0.1, 0.15) is 5.82 Å². The van der Waals surface area contributed by atoms with Crippen LogP contribution in [0.4, 0.5) is 11.5 Å². The van der Waals surface area contributed by atoms with Crippen molar-refractivity contribution in [2.24, 2.45) is 0 Å². The predicted octanol–water partition coefficient (Wildman–Crippen LogP) is 7.43. The summed E-state index contributed by atoms with van der Waals surface area (Å²) >= 11 is 3.56. The summed E-state index contributed by atoms with van der Waals surface area (Å²) in [6.07, 6.45) is 1.82. The maximum absolute atomic E-state index is 5.20. The van der Waals surface area contributed by atoms with E-state index >= 15 is 0 Å². The quantitative estimate of drug-likeness (QED) is 0.311. The number of aromatic nitrogens is 1. The lowest BCUT2D eigenvalue weighted by molar-refractivity contribution is 0.549.